The van der Waals surface area contributed by atoms with E-state index in [1.807, 2.05) is 36.4 Å². The van der Waals surface area contributed by atoms with E-state index in [0.29, 0.717) is 35.8 Å². The van der Waals surface area contributed by atoms with Crippen LogP contribution in [0.15, 0.2) is 66.7 Å². The minimum atomic E-state index is -4.79. The average Bonchev–Trinajstić information content (AvgIpc) is 3.08. The van der Waals surface area contributed by atoms with Crippen molar-refractivity contribution in [1.82, 2.24) is 9.80 Å². The molecule has 0 fully saturated rings. The van der Waals surface area contributed by atoms with Gasteiger partial charge in [-0.25, -0.2) is 0 Å². The van der Waals surface area contributed by atoms with Crippen LogP contribution in [0.2, 0.25) is 0 Å². The van der Waals surface area contributed by atoms with Crippen molar-refractivity contribution < 1.29 is 52.6 Å². The third-order valence-electron chi connectivity index (χ3n) is 9.52. The monoisotopic (exact) mass is 692 g/mol. The zero-order valence-electron chi connectivity index (χ0n) is 28.2. The lowest BCUT2D eigenvalue weighted by molar-refractivity contribution is -1.91. The van der Waals surface area contributed by atoms with Crippen LogP contribution in [0, 0.1) is 10.2 Å². The van der Waals surface area contributed by atoms with Crippen molar-refractivity contribution >= 4 is 0 Å². The number of halogens is 1. The van der Waals surface area contributed by atoms with Gasteiger partial charge in [0.15, 0.2) is 28.7 Å². The Morgan fingerprint density at radius 2 is 1.10 bits per heavy atom. The van der Waals surface area contributed by atoms with Gasteiger partial charge in [0.1, 0.15) is 16.0 Å². The van der Waals surface area contributed by atoms with Gasteiger partial charge in [-0.1, -0.05) is 22.5 Å². The maximum Gasteiger partial charge on any atom is 0.330 e. The van der Waals surface area contributed by atoms with Crippen molar-refractivity contribution in [2.45, 2.75) is 37.8 Å². The molecule has 0 bridgehead atoms. The summed E-state index contributed by atoms with van der Waals surface area (Å²) in [7, 11) is 4.12. The lowest BCUT2D eigenvalue weighted by atomic mass is 9.88. The number of hydrogen-bond acceptors (Lipinski definition) is 11. The highest BCUT2D eigenvalue weighted by atomic mass is 35.7. The van der Waals surface area contributed by atoms with Gasteiger partial charge in [-0.2, -0.15) is 14.0 Å². The quantitative estimate of drug-likeness (QED) is 0.248. The van der Waals surface area contributed by atoms with Crippen LogP contribution in [-0.2, 0) is 25.7 Å². The topological polar surface area (TPSA) is 142 Å². The summed E-state index contributed by atoms with van der Waals surface area (Å²) in [5.41, 5.74) is 6.32. The normalized spacial score (nSPS) is 18.0. The van der Waals surface area contributed by atoms with Gasteiger partial charge < -0.3 is 24.1 Å². The minimum absolute atomic E-state index is 0.00154. The number of ether oxygens (including phenoxy) is 4. The van der Waals surface area contributed by atoms with E-state index in [1.54, 1.807) is 45.6 Å². The molecule has 2 heterocycles. The number of benzene rings is 4. The summed E-state index contributed by atoms with van der Waals surface area (Å²) in [5.74, 6) is 2.17. The second kappa shape index (κ2) is 14.3. The summed E-state index contributed by atoms with van der Waals surface area (Å²) in [5, 5.41) is 9.79. The van der Waals surface area contributed by atoms with Crippen molar-refractivity contribution in [3.8, 4) is 40.2 Å². The zero-order chi connectivity index (χ0) is 34.9. The molecule has 12 heteroatoms. The number of nitrogens with zero attached hydrogens (tertiary/aromatic N) is 2. The number of likely N-dealkylation sites (N-methyl/N-ethyl adjacent to an activating group) is 2. The highest BCUT2D eigenvalue weighted by Crippen LogP contribution is 2.44. The van der Waals surface area contributed by atoms with Crippen LogP contribution in [0.4, 0.5) is 0 Å². The molecule has 2 atom stereocenters. The second-order valence-corrected chi connectivity index (χ2v) is 13.4. The van der Waals surface area contributed by atoms with Gasteiger partial charge in [0.05, 0.1) is 21.3 Å². The van der Waals surface area contributed by atoms with Crippen LogP contribution in [0.1, 0.15) is 45.5 Å². The molecule has 6 rings (SSSR count). The van der Waals surface area contributed by atoms with Gasteiger partial charge in [-0.15, -0.1) is 0 Å². The Labute approximate surface area is 288 Å². The summed E-state index contributed by atoms with van der Waals surface area (Å²) < 4.78 is 63.4. The van der Waals surface area contributed by atoms with Crippen LogP contribution < -0.4 is 37.2 Å². The largest absolute Gasteiger partial charge is 0.508 e. The number of fused-ring (bicyclic) bond motifs is 2. The van der Waals surface area contributed by atoms with E-state index in [1.165, 1.54) is 11.6 Å². The summed E-state index contributed by atoms with van der Waals surface area (Å²) in [6.07, 6.45) is 2.90. The molecule has 0 spiro atoms. The maximum atomic E-state index is 11.8. The van der Waals surface area contributed by atoms with E-state index in [9.17, 15) is 19.1 Å². The van der Waals surface area contributed by atoms with Gasteiger partial charge in [0.2, 0.25) is 0 Å². The predicted octanol–water partition coefficient (Wildman–Crippen LogP) is 3.03. The highest BCUT2D eigenvalue weighted by Gasteiger charge is 2.31. The van der Waals surface area contributed by atoms with Crippen LogP contribution >= 0.6 is 0 Å². The van der Waals surface area contributed by atoms with Crippen molar-refractivity contribution in [3.63, 3.8) is 0 Å². The molecular formula is C37H41ClN2O9. The molecule has 0 unspecified atom stereocenters. The van der Waals surface area contributed by atoms with Gasteiger partial charge >= 0.3 is 5.75 Å². The standard InChI is InChI=1S/C37H41ClN2O9/c1-39-14-13-26-20-34(46-4)37(22-29(26)30(39)16-23-6-9-27(41)10-7-23)48-36-18-24(8-11-32(36)49-38(42,43)44)17-31-28-21-35(47-5)33(45-3)19-25(28)12-15-40(31)2/h6-11,18-22,30-31,41H,12-17H2,1-5H3/t30-,31-/m1/s1. The Morgan fingerprint density at radius 3 is 1.65 bits per heavy atom. The molecule has 4 aromatic rings. The number of hydrogen-bond donors (Lipinski definition) is 1. The molecule has 11 nitrogen and oxygen atoms in total. The summed E-state index contributed by atoms with van der Waals surface area (Å²) in [6.45, 7) is 1.67. The van der Waals surface area contributed by atoms with E-state index in [2.05, 4.69) is 23.9 Å². The Kier molecular flexibility index (Phi) is 10.1. The Morgan fingerprint density at radius 1 is 0.633 bits per heavy atom. The molecule has 0 saturated heterocycles. The fraction of sp³-hybridized carbons (Fsp3) is 0.351. The molecule has 0 saturated carbocycles. The molecule has 0 aliphatic carbocycles. The first-order chi connectivity index (χ1) is 23.5. The molecule has 1 N–H and O–H groups in total. The van der Waals surface area contributed by atoms with Crippen molar-refractivity contribution in [2.75, 3.05) is 48.5 Å². The van der Waals surface area contributed by atoms with Crippen LogP contribution in [0.3, 0.4) is 0 Å². The number of phenols is 1. The third kappa shape index (κ3) is 7.67. The van der Waals surface area contributed by atoms with Crippen LogP contribution in [-0.4, -0.2) is 63.4 Å². The van der Waals surface area contributed by atoms with Crippen molar-refractivity contribution in [2.24, 2.45) is 0 Å². The van der Waals surface area contributed by atoms with E-state index in [0.717, 1.165) is 53.7 Å². The lowest BCUT2D eigenvalue weighted by Gasteiger charge is -2.35. The summed E-state index contributed by atoms with van der Waals surface area (Å²) in [4.78, 5) is 4.53. The smallest absolute Gasteiger partial charge is 0.330 e. The molecule has 0 radical (unpaired) electrons. The fourth-order valence-electron chi connectivity index (χ4n) is 6.88. The first-order valence-corrected chi connectivity index (χ1v) is 17.2. The van der Waals surface area contributed by atoms with Crippen LogP contribution in [0.25, 0.3) is 0 Å². The summed E-state index contributed by atoms with van der Waals surface area (Å²) in [6, 6.07) is 19.9. The molecular weight excluding hydrogens is 652 g/mol. The number of rotatable bonds is 11. The third-order valence-corrected chi connectivity index (χ3v) is 9.88. The molecule has 0 amide bonds. The van der Waals surface area contributed by atoms with E-state index in [-0.39, 0.29) is 29.3 Å². The molecule has 2 aliphatic rings. The number of methoxy groups -OCH3 is 3. The summed E-state index contributed by atoms with van der Waals surface area (Å²) >= 11 is 0. The average molecular weight is 693 g/mol. The zero-order valence-corrected chi connectivity index (χ0v) is 29.0. The highest BCUT2D eigenvalue weighted by molar-refractivity contribution is 5.54. The van der Waals surface area contributed by atoms with E-state index >= 15 is 0 Å². The van der Waals surface area contributed by atoms with Crippen molar-refractivity contribution in [3.05, 3.63) is 100 Å². The van der Waals surface area contributed by atoms with E-state index in [4.69, 9.17) is 23.2 Å². The molecule has 2 aliphatic heterocycles. The number of aromatic hydroxyl groups is 1. The van der Waals surface area contributed by atoms with Gasteiger partial charge in [0.25, 0.3) is 0 Å². The van der Waals surface area contributed by atoms with Gasteiger partial charge in [0, 0.05) is 31.2 Å². The van der Waals surface area contributed by atoms with E-state index < -0.39 is 10.2 Å². The molecule has 260 valence electrons. The first-order valence-electron chi connectivity index (χ1n) is 16.0. The lowest BCUT2D eigenvalue weighted by Crippen LogP contribution is -2.63. The Balaban J connectivity index is 1.36. The molecule has 0 aromatic heterocycles. The van der Waals surface area contributed by atoms with Gasteiger partial charge in [-0.05, 0) is 116 Å². The maximum absolute atomic E-state index is 11.8. The fourth-order valence-corrected chi connectivity index (χ4v) is 7.21. The molecule has 49 heavy (non-hydrogen) atoms. The second-order valence-electron chi connectivity index (χ2n) is 12.5. The SMILES string of the molecule is COc1cc2c(cc1OC)[C@@H](Cc1ccc(O[Cl+3]([O-])([O-])[O-])c(Oc3cc4c(cc3OC)CCN(C)[C@@H]4Cc3ccc(O)cc3)c1)N(C)CC2. The Hall–Kier alpha value is -4.23. The minimum Gasteiger partial charge on any atom is -0.508 e. The number of phenolic OH excluding ortho intramolecular Hbond substituents is 1. The first kappa shape index (κ1) is 34.6. The van der Waals surface area contributed by atoms with Gasteiger partial charge in [-0.3, -0.25) is 9.80 Å². The Bertz CT molecular complexity index is 1790. The van der Waals surface area contributed by atoms with Crippen molar-refractivity contribution in [1.29, 1.82) is 0 Å². The molecule has 4 aromatic carbocycles. The predicted molar refractivity (Wildman–Crippen MR) is 173 cm³/mol. The van der Waals surface area contributed by atoms with Crippen LogP contribution in [0.5, 0.6) is 40.2 Å².